The van der Waals surface area contributed by atoms with Gasteiger partial charge in [-0.1, -0.05) is 38.1 Å². The smallest absolute Gasteiger partial charge is 0.433 e. The van der Waals surface area contributed by atoms with Crippen LogP contribution in [-0.4, -0.2) is 33.1 Å². The number of fused-ring (bicyclic) bond motifs is 2. The van der Waals surface area contributed by atoms with Crippen LogP contribution >= 0.6 is 11.3 Å². The van der Waals surface area contributed by atoms with Gasteiger partial charge in [-0.3, -0.25) is 4.79 Å². The molecular weight excluding hydrogens is 529 g/mol. The highest BCUT2D eigenvalue weighted by molar-refractivity contribution is 7.17. The van der Waals surface area contributed by atoms with Gasteiger partial charge in [-0.2, -0.15) is 18.3 Å². The average molecular weight is 557 g/mol. The lowest BCUT2D eigenvalue weighted by Crippen LogP contribution is -2.17. The van der Waals surface area contributed by atoms with Crippen LogP contribution in [0.15, 0.2) is 36.5 Å². The van der Waals surface area contributed by atoms with Crippen LogP contribution in [0, 0.1) is 0 Å². The van der Waals surface area contributed by atoms with E-state index in [1.807, 2.05) is 26.0 Å². The summed E-state index contributed by atoms with van der Waals surface area (Å²) in [4.78, 5) is 31.6. The molecule has 204 valence electrons. The van der Waals surface area contributed by atoms with E-state index >= 15 is 0 Å². The number of nitrogens with one attached hydrogen (secondary N) is 1. The molecule has 0 saturated carbocycles. The number of anilines is 1. The molecule has 0 unspecified atom stereocenters. The van der Waals surface area contributed by atoms with Crippen molar-refractivity contribution in [2.45, 2.75) is 58.5 Å². The molecule has 1 aliphatic rings. The molecular formula is C28H27F3N4O3S. The molecule has 0 bridgehead atoms. The van der Waals surface area contributed by atoms with Gasteiger partial charge in [-0.05, 0) is 55.7 Å². The maximum Gasteiger partial charge on any atom is 0.433 e. The van der Waals surface area contributed by atoms with Crippen LogP contribution in [0.25, 0.3) is 16.9 Å². The van der Waals surface area contributed by atoms with E-state index in [0.717, 1.165) is 47.5 Å². The maximum atomic E-state index is 14.0. The zero-order valence-electron chi connectivity index (χ0n) is 21.7. The number of benzene rings is 1. The molecule has 5 rings (SSSR count). The van der Waals surface area contributed by atoms with Crippen molar-refractivity contribution in [1.82, 2.24) is 14.6 Å². The normalized spacial score (nSPS) is 13.5. The first kappa shape index (κ1) is 26.9. The van der Waals surface area contributed by atoms with Gasteiger partial charge in [0.1, 0.15) is 10.6 Å². The first-order chi connectivity index (χ1) is 18.6. The van der Waals surface area contributed by atoms with Crippen molar-refractivity contribution in [2.75, 3.05) is 11.9 Å². The van der Waals surface area contributed by atoms with E-state index in [2.05, 4.69) is 15.4 Å². The van der Waals surface area contributed by atoms with Crippen molar-refractivity contribution >= 4 is 33.9 Å². The Bertz CT molecular complexity index is 1560. The average Bonchev–Trinajstić information content (AvgIpc) is 3.49. The van der Waals surface area contributed by atoms with Crippen LogP contribution in [0.1, 0.15) is 81.9 Å². The number of nitrogens with zero attached hydrogens (tertiary/aromatic N) is 3. The molecule has 39 heavy (non-hydrogen) atoms. The van der Waals surface area contributed by atoms with Crippen molar-refractivity contribution in [3.8, 4) is 11.3 Å². The second-order valence-electron chi connectivity index (χ2n) is 9.68. The van der Waals surface area contributed by atoms with E-state index in [0.29, 0.717) is 27.1 Å². The summed E-state index contributed by atoms with van der Waals surface area (Å²) in [6, 6.07) is 8.05. The fourth-order valence-corrected chi connectivity index (χ4v) is 6.03. The number of hydrogen-bond donors (Lipinski definition) is 1. The molecule has 0 spiro atoms. The first-order valence-corrected chi connectivity index (χ1v) is 13.6. The van der Waals surface area contributed by atoms with E-state index in [1.165, 1.54) is 11.3 Å². The highest BCUT2D eigenvalue weighted by Crippen LogP contribution is 2.39. The van der Waals surface area contributed by atoms with E-state index in [1.54, 1.807) is 19.1 Å². The summed E-state index contributed by atoms with van der Waals surface area (Å²) in [5.74, 6) is -0.980. The highest BCUT2D eigenvalue weighted by atomic mass is 32.1. The summed E-state index contributed by atoms with van der Waals surface area (Å²) in [5.41, 5.74) is 1.35. The predicted molar refractivity (Wildman–Crippen MR) is 142 cm³/mol. The molecule has 0 fully saturated rings. The van der Waals surface area contributed by atoms with E-state index < -0.39 is 23.7 Å². The molecule has 0 radical (unpaired) electrons. The number of aryl methyl sites for hydroxylation is 1. The van der Waals surface area contributed by atoms with Gasteiger partial charge in [0.2, 0.25) is 0 Å². The van der Waals surface area contributed by atoms with E-state index in [9.17, 15) is 22.8 Å². The Hall–Kier alpha value is -3.73. The zero-order valence-corrected chi connectivity index (χ0v) is 22.5. The van der Waals surface area contributed by atoms with Crippen LogP contribution in [-0.2, 0) is 23.8 Å². The highest BCUT2D eigenvalue weighted by Gasteiger charge is 2.36. The monoisotopic (exact) mass is 556 g/mol. The quantitative estimate of drug-likeness (QED) is 0.261. The topological polar surface area (TPSA) is 85.6 Å². The molecule has 1 N–H and O–H groups in total. The third-order valence-electron chi connectivity index (χ3n) is 6.76. The summed E-state index contributed by atoms with van der Waals surface area (Å²) < 4.78 is 48.0. The minimum atomic E-state index is -4.74. The van der Waals surface area contributed by atoms with Crippen molar-refractivity contribution in [1.29, 1.82) is 0 Å². The summed E-state index contributed by atoms with van der Waals surface area (Å²) in [6.45, 7) is 5.92. The summed E-state index contributed by atoms with van der Waals surface area (Å²) in [7, 11) is 0. The Balaban J connectivity index is 1.58. The van der Waals surface area contributed by atoms with Gasteiger partial charge in [0.25, 0.3) is 5.91 Å². The molecule has 3 heterocycles. The van der Waals surface area contributed by atoms with Gasteiger partial charge >= 0.3 is 12.1 Å². The summed E-state index contributed by atoms with van der Waals surface area (Å²) >= 11 is 1.30. The zero-order chi connectivity index (χ0) is 27.9. The van der Waals surface area contributed by atoms with Crippen molar-refractivity contribution in [3.63, 3.8) is 0 Å². The minimum absolute atomic E-state index is 0.0680. The SMILES string of the molecule is CCOC(=O)c1c(NC(=O)c2cnn3c(C(F)(F)F)cc(-c4ccc(C(C)C)cc4)nc23)sc2c1CCCC2. The lowest BCUT2D eigenvalue weighted by molar-refractivity contribution is -0.142. The number of alkyl halides is 3. The second-order valence-corrected chi connectivity index (χ2v) is 10.8. The van der Waals surface area contributed by atoms with E-state index in [4.69, 9.17) is 4.74 Å². The Morgan fingerprint density at radius 2 is 1.87 bits per heavy atom. The van der Waals surface area contributed by atoms with Crippen molar-refractivity contribution < 1.29 is 27.5 Å². The molecule has 11 heteroatoms. The van der Waals surface area contributed by atoms with E-state index in [-0.39, 0.29) is 29.4 Å². The Morgan fingerprint density at radius 1 is 1.15 bits per heavy atom. The largest absolute Gasteiger partial charge is 0.462 e. The number of amides is 1. The maximum absolute atomic E-state index is 14.0. The Morgan fingerprint density at radius 3 is 2.54 bits per heavy atom. The number of halogens is 3. The third-order valence-corrected chi connectivity index (χ3v) is 7.97. The van der Waals surface area contributed by atoms with Crippen LogP contribution in [0.5, 0.6) is 0 Å². The van der Waals surface area contributed by atoms with Crippen LogP contribution in [0.4, 0.5) is 18.2 Å². The number of hydrogen-bond acceptors (Lipinski definition) is 6. The summed E-state index contributed by atoms with van der Waals surface area (Å²) in [5, 5.41) is 6.92. The third kappa shape index (κ3) is 5.15. The lowest BCUT2D eigenvalue weighted by Gasteiger charge is -2.13. The molecule has 0 saturated heterocycles. The molecule has 7 nitrogen and oxygen atoms in total. The van der Waals surface area contributed by atoms with Crippen LogP contribution in [0.2, 0.25) is 0 Å². The Kier molecular flexibility index (Phi) is 7.19. The molecule has 4 aromatic rings. The van der Waals surface area contributed by atoms with Crippen molar-refractivity contribution in [3.05, 3.63) is 69.4 Å². The number of carbonyl (C=O) groups is 2. The lowest BCUT2D eigenvalue weighted by atomic mass is 9.95. The first-order valence-electron chi connectivity index (χ1n) is 12.8. The molecule has 3 aromatic heterocycles. The van der Waals surface area contributed by atoms with Gasteiger partial charge in [0.05, 0.1) is 24.1 Å². The number of aromatic nitrogens is 3. The molecule has 1 amide bonds. The van der Waals surface area contributed by atoms with Crippen LogP contribution < -0.4 is 5.32 Å². The number of rotatable bonds is 6. The Labute approximate surface area is 227 Å². The van der Waals surface area contributed by atoms with Gasteiger partial charge < -0.3 is 10.1 Å². The molecule has 1 aromatic carbocycles. The van der Waals surface area contributed by atoms with Gasteiger partial charge in [-0.25, -0.2) is 14.3 Å². The van der Waals surface area contributed by atoms with Crippen molar-refractivity contribution in [2.24, 2.45) is 0 Å². The van der Waals surface area contributed by atoms with Gasteiger partial charge in [0, 0.05) is 10.4 Å². The number of carbonyl (C=O) groups excluding carboxylic acids is 2. The summed E-state index contributed by atoms with van der Waals surface area (Å²) in [6.07, 6.45) is -0.297. The number of esters is 1. The number of ether oxygens (including phenoxy) is 1. The van der Waals surface area contributed by atoms with Gasteiger partial charge in [-0.15, -0.1) is 11.3 Å². The second kappa shape index (κ2) is 10.4. The fourth-order valence-electron chi connectivity index (χ4n) is 4.76. The molecule has 0 aliphatic heterocycles. The molecule has 0 atom stereocenters. The standard InChI is InChI=1S/C28H27F3N4O3S/c1-4-38-27(37)23-18-7-5-6-8-21(18)39-26(23)34-25(36)19-14-32-35-22(28(29,30)31)13-20(33-24(19)35)17-11-9-16(10-12-17)15(2)3/h9-15H,4-8H2,1-3H3,(H,34,36). The fraction of sp³-hybridized carbons (Fsp3) is 0.357. The molecule has 1 aliphatic carbocycles. The minimum Gasteiger partial charge on any atom is -0.462 e. The van der Waals surface area contributed by atoms with Crippen LogP contribution in [0.3, 0.4) is 0 Å². The predicted octanol–water partition coefficient (Wildman–Crippen LogP) is 6.91. The number of thiophene rings is 1. The van der Waals surface area contributed by atoms with Gasteiger partial charge in [0.15, 0.2) is 11.3 Å².